The summed E-state index contributed by atoms with van der Waals surface area (Å²) in [4.78, 5) is 24.5. The number of aliphatic carboxylic acids is 1. The fourth-order valence-corrected chi connectivity index (χ4v) is 2.97. The summed E-state index contributed by atoms with van der Waals surface area (Å²) in [6.45, 7) is 2.31. The second-order valence-electron chi connectivity index (χ2n) is 4.39. The first-order valence-electron chi connectivity index (χ1n) is 6.27. The zero-order valence-corrected chi connectivity index (χ0v) is 13.9. The fraction of sp³-hybridized carbons (Fsp3) is 0.429. The molecule has 1 amide bonds. The molecule has 0 aliphatic carbocycles. The Morgan fingerprint density at radius 1 is 1.40 bits per heavy atom. The number of amides is 1. The molecule has 1 unspecified atom stereocenters. The smallest absolute Gasteiger partial charge is 0.316 e. The Morgan fingerprint density at radius 3 is 2.60 bits per heavy atom. The maximum Gasteiger partial charge on any atom is 0.316 e. The third-order valence-electron chi connectivity index (χ3n) is 2.85. The maximum absolute atomic E-state index is 12.0. The van der Waals surface area contributed by atoms with E-state index in [4.69, 9.17) is 5.11 Å². The van der Waals surface area contributed by atoms with Crippen LogP contribution in [0.25, 0.3) is 0 Å². The summed E-state index contributed by atoms with van der Waals surface area (Å²) in [5.74, 6) is -0.740. The highest BCUT2D eigenvalue weighted by molar-refractivity contribution is 9.10. The van der Waals surface area contributed by atoms with E-state index in [9.17, 15) is 9.59 Å². The van der Waals surface area contributed by atoms with Crippen molar-refractivity contribution in [2.75, 3.05) is 12.8 Å². The number of nitrogens with zero attached hydrogens (tertiary/aromatic N) is 1. The van der Waals surface area contributed by atoms with E-state index in [2.05, 4.69) is 15.9 Å². The highest BCUT2D eigenvalue weighted by Gasteiger charge is 2.18. The molecule has 0 saturated heterocycles. The van der Waals surface area contributed by atoms with Crippen molar-refractivity contribution < 1.29 is 14.7 Å². The first-order chi connectivity index (χ1) is 9.45. The van der Waals surface area contributed by atoms with Gasteiger partial charge in [-0.15, -0.1) is 11.8 Å². The molecule has 0 spiro atoms. The zero-order valence-electron chi connectivity index (χ0n) is 11.5. The topological polar surface area (TPSA) is 57.6 Å². The molecule has 0 heterocycles. The summed E-state index contributed by atoms with van der Waals surface area (Å²) in [5.41, 5.74) is 1.03. The average Bonchev–Trinajstić information content (AvgIpc) is 2.41. The molecule has 0 aromatic heterocycles. The van der Waals surface area contributed by atoms with Crippen molar-refractivity contribution in [2.24, 2.45) is 0 Å². The Bertz CT molecular complexity index is 481. The van der Waals surface area contributed by atoms with Crippen LogP contribution in [0, 0.1) is 0 Å². The number of carbonyl (C=O) groups is 2. The summed E-state index contributed by atoms with van der Waals surface area (Å²) >= 11 is 4.62. The molecule has 0 saturated carbocycles. The predicted octanol–water partition coefficient (Wildman–Crippen LogP) is 3.00. The number of rotatable bonds is 7. The van der Waals surface area contributed by atoms with E-state index in [1.165, 1.54) is 11.8 Å². The molecule has 0 fully saturated rings. The summed E-state index contributed by atoms with van der Waals surface area (Å²) in [5, 5.41) is 8.43. The lowest BCUT2D eigenvalue weighted by Gasteiger charge is -2.19. The van der Waals surface area contributed by atoms with E-state index in [0.717, 1.165) is 10.0 Å². The molecule has 0 aliphatic rings. The monoisotopic (exact) mass is 359 g/mol. The van der Waals surface area contributed by atoms with E-state index in [1.807, 2.05) is 24.3 Å². The van der Waals surface area contributed by atoms with Crippen LogP contribution in [0.4, 0.5) is 0 Å². The molecule has 1 aromatic rings. The summed E-state index contributed by atoms with van der Waals surface area (Å²) in [6.07, 6.45) is 0.515. The Morgan fingerprint density at radius 2 is 2.05 bits per heavy atom. The molecule has 20 heavy (non-hydrogen) atoms. The second kappa shape index (κ2) is 8.32. The van der Waals surface area contributed by atoms with Gasteiger partial charge in [0.25, 0.3) is 0 Å². The predicted molar refractivity (Wildman–Crippen MR) is 84.8 cm³/mol. The molecule has 0 radical (unpaired) electrons. The van der Waals surface area contributed by atoms with E-state index < -0.39 is 11.2 Å². The van der Waals surface area contributed by atoms with Crippen LogP contribution in [0.3, 0.4) is 0 Å². The van der Waals surface area contributed by atoms with E-state index in [1.54, 1.807) is 18.9 Å². The van der Waals surface area contributed by atoms with Crippen LogP contribution in [0.15, 0.2) is 28.7 Å². The molecular formula is C14H18BrNO3S. The van der Waals surface area contributed by atoms with Crippen LogP contribution in [0.2, 0.25) is 0 Å². The molecular weight excluding hydrogens is 342 g/mol. The average molecular weight is 360 g/mol. The van der Waals surface area contributed by atoms with Crippen molar-refractivity contribution >= 4 is 39.6 Å². The highest BCUT2D eigenvalue weighted by atomic mass is 79.9. The lowest BCUT2D eigenvalue weighted by Crippen LogP contribution is -2.29. The first kappa shape index (κ1) is 17.0. The maximum atomic E-state index is 12.0. The van der Waals surface area contributed by atoms with Gasteiger partial charge in [-0.1, -0.05) is 41.1 Å². The Kier molecular flexibility index (Phi) is 7.09. The number of halogens is 1. The lowest BCUT2D eigenvalue weighted by atomic mass is 10.2. The number of thioether (sulfide) groups is 1. The fourth-order valence-electron chi connectivity index (χ4n) is 1.62. The third kappa shape index (κ3) is 5.17. The SMILES string of the molecule is CCC(SCC(=O)N(C)Cc1ccccc1Br)C(=O)O. The summed E-state index contributed by atoms with van der Waals surface area (Å²) < 4.78 is 0.962. The van der Waals surface area contributed by atoms with Crippen LogP contribution >= 0.6 is 27.7 Å². The van der Waals surface area contributed by atoms with Gasteiger partial charge in [0.15, 0.2) is 0 Å². The van der Waals surface area contributed by atoms with Crippen LogP contribution in [-0.4, -0.2) is 39.9 Å². The van der Waals surface area contributed by atoms with Crippen molar-refractivity contribution in [1.82, 2.24) is 4.90 Å². The molecule has 1 rings (SSSR count). The lowest BCUT2D eigenvalue weighted by molar-refractivity contribution is -0.136. The van der Waals surface area contributed by atoms with E-state index >= 15 is 0 Å². The number of carboxylic acid groups (broad SMARTS) is 1. The van der Waals surface area contributed by atoms with Gasteiger partial charge in [0.2, 0.25) is 5.91 Å². The Balaban J connectivity index is 2.51. The van der Waals surface area contributed by atoms with Gasteiger partial charge in [0.1, 0.15) is 5.25 Å². The van der Waals surface area contributed by atoms with Gasteiger partial charge in [-0.25, -0.2) is 0 Å². The number of hydrogen-bond acceptors (Lipinski definition) is 3. The number of carbonyl (C=O) groups excluding carboxylic acids is 1. The molecule has 6 heteroatoms. The van der Waals surface area contributed by atoms with E-state index in [-0.39, 0.29) is 11.7 Å². The molecule has 0 aliphatic heterocycles. The second-order valence-corrected chi connectivity index (χ2v) is 6.43. The van der Waals surface area contributed by atoms with Crippen molar-refractivity contribution in [3.05, 3.63) is 34.3 Å². The molecule has 110 valence electrons. The van der Waals surface area contributed by atoms with Crippen molar-refractivity contribution in [3.8, 4) is 0 Å². The molecule has 1 atom stereocenters. The molecule has 1 N–H and O–H groups in total. The van der Waals surface area contributed by atoms with Crippen LogP contribution in [0.1, 0.15) is 18.9 Å². The van der Waals surface area contributed by atoms with Gasteiger partial charge in [0, 0.05) is 18.1 Å². The van der Waals surface area contributed by atoms with Gasteiger partial charge >= 0.3 is 5.97 Å². The summed E-state index contributed by atoms with van der Waals surface area (Å²) in [7, 11) is 1.73. The zero-order chi connectivity index (χ0) is 15.1. The first-order valence-corrected chi connectivity index (χ1v) is 8.11. The van der Waals surface area contributed by atoms with Gasteiger partial charge in [-0.3, -0.25) is 9.59 Å². The van der Waals surface area contributed by atoms with Crippen molar-refractivity contribution in [2.45, 2.75) is 25.1 Å². The van der Waals surface area contributed by atoms with Gasteiger partial charge < -0.3 is 10.0 Å². The van der Waals surface area contributed by atoms with Crippen LogP contribution in [-0.2, 0) is 16.1 Å². The third-order valence-corrected chi connectivity index (χ3v) is 4.97. The number of benzene rings is 1. The highest BCUT2D eigenvalue weighted by Crippen LogP contribution is 2.19. The van der Waals surface area contributed by atoms with Gasteiger partial charge in [-0.2, -0.15) is 0 Å². The Hall–Kier alpha value is -1.01. The molecule has 0 bridgehead atoms. The minimum Gasteiger partial charge on any atom is -0.480 e. The largest absolute Gasteiger partial charge is 0.480 e. The minimum absolute atomic E-state index is 0.0644. The number of hydrogen-bond donors (Lipinski definition) is 1. The molecule has 1 aromatic carbocycles. The van der Waals surface area contributed by atoms with Crippen molar-refractivity contribution in [3.63, 3.8) is 0 Å². The van der Waals surface area contributed by atoms with E-state index in [0.29, 0.717) is 13.0 Å². The Labute approximate surface area is 131 Å². The van der Waals surface area contributed by atoms with Gasteiger partial charge in [0.05, 0.1) is 5.75 Å². The van der Waals surface area contributed by atoms with Crippen LogP contribution < -0.4 is 0 Å². The standard InChI is InChI=1S/C14H18BrNO3S/c1-3-12(14(18)19)20-9-13(17)16(2)8-10-6-4-5-7-11(10)15/h4-7,12H,3,8-9H2,1-2H3,(H,18,19). The molecule has 4 nitrogen and oxygen atoms in total. The van der Waals surface area contributed by atoms with Gasteiger partial charge in [-0.05, 0) is 18.1 Å². The van der Waals surface area contributed by atoms with Crippen LogP contribution in [0.5, 0.6) is 0 Å². The van der Waals surface area contributed by atoms with Crippen molar-refractivity contribution in [1.29, 1.82) is 0 Å². The number of carboxylic acids is 1. The summed E-state index contributed by atoms with van der Waals surface area (Å²) in [6, 6.07) is 7.72. The minimum atomic E-state index is -0.862. The normalized spacial score (nSPS) is 11.9. The quantitative estimate of drug-likeness (QED) is 0.812.